The fourth-order valence-corrected chi connectivity index (χ4v) is 2.93. The number of hydrogen-bond acceptors (Lipinski definition) is 4. The van der Waals surface area contributed by atoms with E-state index >= 15 is 0 Å². The van der Waals surface area contributed by atoms with Crippen LogP contribution in [0.3, 0.4) is 0 Å². The molecule has 0 amide bonds. The number of nitrogens with zero attached hydrogens (tertiary/aromatic N) is 1. The van der Waals surface area contributed by atoms with Crippen molar-refractivity contribution in [2.75, 3.05) is 26.2 Å². The van der Waals surface area contributed by atoms with Crippen molar-refractivity contribution in [3.05, 3.63) is 29.8 Å². The van der Waals surface area contributed by atoms with Crippen LogP contribution < -0.4 is 4.74 Å². The van der Waals surface area contributed by atoms with Crippen LogP contribution in [0.25, 0.3) is 0 Å². The molecule has 0 aliphatic carbocycles. The summed E-state index contributed by atoms with van der Waals surface area (Å²) in [5, 5.41) is 10.2. The van der Waals surface area contributed by atoms with Crippen LogP contribution in [0.4, 0.5) is 0 Å². The van der Waals surface area contributed by atoms with Crippen LogP contribution in [0.2, 0.25) is 0 Å². The summed E-state index contributed by atoms with van der Waals surface area (Å²) in [6, 6.07) is 8.11. The van der Waals surface area contributed by atoms with Gasteiger partial charge in [-0.05, 0) is 37.5 Å². The van der Waals surface area contributed by atoms with Crippen molar-refractivity contribution in [2.24, 2.45) is 0 Å². The van der Waals surface area contributed by atoms with E-state index in [9.17, 15) is 5.11 Å². The molecule has 4 heteroatoms. The molecular formula is C18H29NO3. The molecule has 2 rings (SSSR count). The molecule has 1 aromatic rings. The SMILES string of the molecule is CC(C)c1ccc(OC[C@H](O)CN2C[C@@H](C)O[C@@H](C)C2)cc1. The Morgan fingerprint density at radius 2 is 1.77 bits per heavy atom. The Balaban J connectivity index is 1.76. The smallest absolute Gasteiger partial charge is 0.119 e. The number of rotatable bonds is 6. The Kier molecular flexibility index (Phi) is 6.24. The predicted molar refractivity (Wildman–Crippen MR) is 88.5 cm³/mol. The molecule has 1 saturated heterocycles. The average molecular weight is 307 g/mol. The van der Waals surface area contributed by atoms with Crippen molar-refractivity contribution in [1.29, 1.82) is 0 Å². The highest BCUT2D eigenvalue weighted by molar-refractivity contribution is 5.28. The van der Waals surface area contributed by atoms with Crippen LogP contribution in [-0.2, 0) is 4.74 Å². The topological polar surface area (TPSA) is 41.9 Å². The van der Waals surface area contributed by atoms with Crippen LogP contribution in [-0.4, -0.2) is 54.6 Å². The summed E-state index contributed by atoms with van der Waals surface area (Å²) in [6.45, 7) is 11.2. The fourth-order valence-electron chi connectivity index (χ4n) is 2.93. The lowest BCUT2D eigenvalue weighted by Crippen LogP contribution is -2.48. The van der Waals surface area contributed by atoms with E-state index in [1.54, 1.807) is 0 Å². The van der Waals surface area contributed by atoms with Gasteiger partial charge in [-0.25, -0.2) is 0 Å². The molecule has 1 aliphatic heterocycles. The zero-order chi connectivity index (χ0) is 16.1. The van der Waals surface area contributed by atoms with E-state index in [2.05, 4.69) is 44.7 Å². The van der Waals surface area contributed by atoms with Crippen LogP contribution in [0.15, 0.2) is 24.3 Å². The Bertz CT molecular complexity index is 436. The number of benzene rings is 1. The molecule has 22 heavy (non-hydrogen) atoms. The van der Waals surface area contributed by atoms with Crippen molar-refractivity contribution in [3.63, 3.8) is 0 Å². The molecule has 3 atom stereocenters. The Morgan fingerprint density at radius 3 is 2.32 bits per heavy atom. The highest BCUT2D eigenvalue weighted by atomic mass is 16.5. The zero-order valence-corrected chi connectivity index (χ0v) is 14.2. The van der Waals surface area contributed by atoms with E-state index in [0.29, 0.717) is 19.1 Å². The highest BCUT2D eigenvalue weighted by Crippen LogP contribution is 2.19. The Labute approximate surface area is 134 Å². The summed E-state index contributed by atoms with van der Waals surface area (Å²) >= 11 is 0. The maximum atomic E-state index is 10.2. The molecule has 0 saturated carbocycles. The normalized spacial score (nSPS) is 24.5. The highest BCUT2D eigenvalue weighted by Gasteiger charge is 2.23. The largest absolute Gasteiger partial charge is 0.491 e. The van der Waals surface area contributed by atoms with E-state index in [0.717, 1.165) is 18.8 Å². The molecule has 4 nitrogen and oxygen atoms in total. The van der Waals surface area contributed by atoms with Gasteiger partial charge in [0.05, 0.1) is 12.2 Å². The van der Waals surface area contributed by atoms with Gasteiger partial charge in [0, 0.05) is 19.6 Å². The second kappa shape index (κ2) is 7.95. The summed E-state index contributed by atoms with van der Waals surface area (Å²) in [5.74, 6) is 1.33. The van der Waals surface area contributed by atoms with Crippen LogP contribution >= 0.6 is 0 Å². The van der Waals surface area contributed by atoms with Gasteiger partial charge in [-0.2, -0.15) is 0 Å². The van der Waals surface area contributed by atoms with E-state index in [1.807, 2.05) is 12.1 Å². The van der Waals surface area contributed by atoms with Gasteiger partial charge in [-0.3, -0.25) is 4.90 Å². The summed E-state index contributed by atoms with van der Waals surface area (Å²) in [4.78, 5) is 2.24. The molecule has 124 valence electrons. The summed E-state index contributed by atoms with van der Waals surface area (Å²) in [5.41, 5.74) is 1.30. The van der Waals surface area contributed by atoms with Gasteiger partial charge in [0.2, 0.25) is 0 Å². The van der Waals surface area contributed by atoms with Gasteiger partial charge in [0.1, 0.15) is 18.5 Å². The summed E-state index contributed by atoms with van der Waals surface area (Å²) in [6.07, 6.45) is -0.0387. The molecule has 0 radical (unpaired) electrons. The fraction of sp³-hybridized carbons (Fsp3) is 0.667. The predicted octanol–water partition coefficient (Wildman–Crippen LogP) is 2.66. The second-order valence-electron chi connectivity index (χ2n) is 6.66. The minimum atomic E-state index is -0.484. The summed E-state index contributed by atoms with van der Waals surface area (Å²) in [7, 11) is 0. The number of aliphatic hydroxyl groups excluding tert-OH is 1. The Hall–Kier alpha value is -1.10. The molecule has 0 unspecified atom stereocenters. The number of ether oxygens (including phenoxy) is 2. The first-order valence-corrected chi connectivity index (χ1v) is 8.22. The lowest BCUT2D eigenvalue weighted by molar-refractivity contribution is -0.0786. The number of β-amino-alcohol motifs (C(OH)–C–C–N with tert-alkyl or cyclic N) is 1. The second-order valence-corrected chi connectivity index (χ2v) is 6.66. The summed E-state index contributed by atoms with van der Waals surface area (Å²) < 4.78 is 11.4. The zero-order valence-electron chi connectivity index (χ0n) is 14.2. The molecule has 0 aromatic heterocycles. The van der Waals surface area contributed by atoms with E-state index in [4.69, 9.17) is 9.47 Å². The number of morpholine rings is 1. The third-order valence-corrected chi connectivity index (χ3v) is 3.95. The number of aliphatic hydroxyl groups is 1. The number of hydrogen-bond donors (Lipinski definition) is 1. The first-order valence-electron chi connectivity index (χ1n) is 8.22. The van der Waals surface area contributed by atoms with E-state index in [-0.39, 0.29) is 12.2 Å². The van der Waals surface area contributed by atoms with Crippen molar-refractivity contribution in [1.82, 2.24) is 4.90 Å². The molecule has 1 fully saturated rings. The molecule has 1 aliphatic rings. The molecule has 1 aromatic carbocycles. The van der Waals surface area contributed by atoms with E-state index < -0.39 is 6.10 Å². The first-order chi connectivity index (χ1) is 10.4. The van der Waals surface area contributed by atoms with Crippen LogP contribution in [0.1, 0.15) is 39.2 Å². The van der Waals surface area contributed by atoms with Crippen LogP contribution in [0, 0.1) is 0 Å². The van der Waals surface area contributed by atoms with Gasteiger partial charge in [-0.15, -0.1) is 0 Å². The maximum absolute atomic E-state index is 10.2. The van der Waals surface area contributed by atoms with Crippen molar-refractivity contribution >= 4 is 0 Å². The van der Waals surface area contributed by atoms with Gasteiger partial charge in [0.25, 0.3) is 0 Å². The standard InChI is InChI=1S/C18H29NO3/c1-13(2)16-5-7-18(8-6-16)21-12-17(20)11-19-9-14(3)22-15(4)10-19/h5-8,13-15,17,20H,9-12H2,1-4H3/t14-,15+,17-/m1/s1. The van der Waals surface area contributed by atoms with Gasteiger partial charge in [-0.1, -0.05) is 26.0 Å². The minimum absolute atomic E-state index is 0.223. The Morgan fingerprint density at radius 1 is 1.18 bits per heavy atom. The lowest BCUT2D eigenvalue weighted by Gasteiger charge is -2.36. The van der Waals surface area contributed by atoms with Gasteiger partial charge >= 0.3 is 0 Å². The van der Waals surface area contributed by atoms with Gasteiger partial charge in [0.15, 0.2) is 0 Å². The molecule has 1 heterocycles. The van der Waals surface area contributed by atoms with Crippen LogP contribution in [0.5, 0.6) is 5.75 Å². The van der Waals surface area contributed by atoms with Crippen molar-refractivity contribution < 1.29 is 14.6 Å². The van der Waals surface area contributed by atoms with Gasteiger partial charge < -0.3 is 14.6 Å². The van der Waals surface area contributed by atoms with E-state index in [1.165, 1.54) is 5.56 Å². The third kappa shape index (κ3) is 5.27. The first kappa shape index (κ1) is 17.3. The third-order valence-electron chi connectivity index (χ3n) is 3.95. The molecule has 0 bridgehead atoms. The van der Waals surface area contributed by atoms with Crippen molar-refractivity contribution in [2.45, 2.75) is 51.9 Å². The monoisotopic (exact) mass is 307 g/mol. The average Bonchev–Trinajstić information content (AvgIpc) is 2.44. The minimum Gasteiger partial charge on any atom is -0.491 e. The maximum Gasteiger partial charge on any atom is 0.119 e. The lowest BCUT2D eigenvalue weighted by atomic mass is 10.0. The molecule has 1 N–H and O–H groups in total. The quantitative estimate of drug-likeness (QED) is 0.877. The molecule has 0 spiro atoms. The molecular weight excluding hydrogens is 278 g/mol. The van der Waals surface area contributed by atoms with Crippen molar-refractivity contribution in [3.8, 4) is 5.75 Å².